The van der Waals surface area contributed by atoms with Crippen LogP contribution in [0.2, 0.25) is 0 Å². The first kappa shape index (κ1) is 9.97. The van der Waals surface area contributed by atoms with E-state index in [4.69, 9.17) is 9.47 Å². The Balaban J connectivity index is 2.02. The Kier molecular flexibility index (Phi) is 1.96. The third kappa shape index (κ3) is 1.31. The fourth-order valence-corrected chi connectivity index (χ4v) is 2.79. The fourth-order valence-electron chi connectivity index (χ4n) is 2.79. The zero-order chi connectivity index (χ0) is 11.3. The average Bonchev–Trinajstić information content (AvgIpc) is 2.52. The standard InChI is InChI=1S/C13H16O3/c1-8-7-15-13(2)11(8)5-9-3-4-10(14)6-12(9)16-13/h3-4,6,8,11,14H,5,7H2,1-2H3. The average molecular weight is 220 g/mol. The van der Waals surface area contributed by atoms with Gasteiger partial charge in [-0.15, -0.1) is 0 Å². The molecule has 0 saturated carbocycles. The summed E-state index contributed by atoms with van der Waals surface area (Å²) in [6, 6.07) is 5.32. The van der Waals surface area contributed by atoms with Crippen LogP contribution in [-0.2, 0) is 11.2 Å². The van der Waals surface area contributed by atoms with Gasteiger partial charge >= 0.3 is 0 Å². The molecule has 0 spiro atoms. The highest BCUT2D eigenvalue weighted by molar-refractivity contribution is 5.42. The molecule has 0 aliphatic carbocycles. The van der Waals surface area contributed by atoms with E-state index in [9.17, 15) is 5.11 Å². The molecule has 0 aromatic heterocycles. The van der Waals surface area contributed by atoms with E-state index in [1.54, 1.807) is 12.1 Å². The summed E-state index contributed by atoms with van der Waals surface area (Å²) < 4.78 is 11.7. The highest BCUT2D eigenvalue weighted by Gasteiger charge is 2.49. The SMILES string of the molecule is CC1COC2(C)Oc3cc(O)ccc3CC12. The highest BCUT2D eigenvalue weighted by Crippen LogP contribution is 2.46. The van der Waals surface area contributed by atoms with Crippen molar-refractivity contribution in [1.29, 1.82) is 0 Å². The molecule has 0 amide bonds. The van der Waals surface area contributed by atoms with Crippen LogP contribution in [0.3, 0.4) is 0 Å². The van der Waals surface area contributed by atoms with Gasteiger partial charge in [0.15, 0.2) is 0 Å². The summed E-state index contributed by atoms with van der Waals surface area (Å²) in [7, 11) is 0. The number of ether oxygens (including phenoxy) is 2. The normalized spacial score (nSPS) is 36.4. The number of phenols is 1. The number of phenolic OH excluding ortho intramolecular Hbond substituents is 1. The van der Waals surface area contributed by atoms with Crippen molar-refractivity contribution in [3.05, 3.63) is 23.8 Å². The first-order valence-corrected chi connectivity index (χ1v) is 5.73. The number of aromatic hydroxyl groups is 1. The molecule has 16 heavy (non-hydrogen) atoms. The molecule has 3 atom stereocenters. The molecule has 0 radical (unpaired) electrons. The lowest BCUT2D eigenvalue weighted by molar-refractivity contribution is -0.166. The number of fused-ring (bicyclic) bond motifs is 2. The summed E-state index contributed by atoms with van der Waals surface area (Å²) in [6.07, 6.45) is 0.966. The third-order valence-corrected chi connectivity index (χ3v) is 3.80. The first-order chi connectivity index (χ1) is 7.58. The van der Waals surface area contributed by atoms with E-state index < -0.39 is 5.79 Å². The minimum atomic E-state index is -0.514. The predicted molar refractivity (Wildman–Crippen MR) is 59.4 cm³/mol. The van der Waals surface area contributed by atoms with Crippen molar-refractivity contribution in [2.45, 2.75) is 26.1 Å². The molecule has 86 valence electrons. The molecule has 2 aliphatic heterocycles. The molecule has 3 nitrogen and oxygen atoms in total. The molecule has 3 unspecified atom stereocenters. The van der Waals surface area contributed by atoms with Crippen LogP contribution in [0.25, 0.3) is 0 Å². The van der Waals surface area contributed by atoms with Gasteiger partial charge in [-0.25, -0.2) is 0 Å². The predicted octanol–water partition coefficient (Wildman–Crippen LogP) is 2.33. The van der Waals surface area contributed by atoms with Gasteiger partial charge in [0.25, 0.3) is 0 Å². The zero-order valence-electron chi connectivity index (χ0n) is 9.56. The van der Waals surface area contributed by atoms with Crippen molar-refractivity contribution >= 4 is 0 Å². The van der Waals surface area contributed by atoms with Gasteiger partial charge in [0.1, 0.15) is 11.5 Å². The fraction of sp³-hybridized carbons (Fsp3) is 0.538. The second-order valence-electron chi connectivity index (χ2n) is 5.01. The van der Waals surface area contributed by atoms with Crippen LogP contribution in [0.1, 0.15) is 19.4 Å². The van der Waals surface area contributed by atoms with Crippen LogP contribution in [0, 0.1) is 11.8 Å². The molecule has 2 aliphatic rings. The first-order valence-electron chi connectivity index (χ1n) is 5.73. The van der Waals surface area contributed by atoms with Gasteiger partial charge in [-0.3, -0.25) is 0 Å². The Bertz CT molecular complexity index is 429. The monoisotopic (exact) mass is 220 g/mol. The summed E-state index contributed by atoms with van der Waals surface area (Å²) in [5.74, 6) is 1.41. The summed E-state index contributed by atoms with van der Waals surface area (Å²) in [6.45, 7) is 4.94. The molecule has 1 N–H and O–H groups in total. The number of hydrogen-bond donors (Lipinski definition) is 1. The van der Waals surface area contributed by atoms with E-state index >= 15 is 0 Å². The Morgan fingerprint density at radius 2 is 2.25 bits per heavy atom. The van der Waals surface area contributed by atoms with Crippen molar-refractivity contribution in [2.75, 3.05) is 6.61 Å². The van der Waals surface area contributed by atoms with Gasteiger partial charge in [-0.05, 0) is 24.0 Å². The van der Waals surface area contributed by atoms with E-state index in [1.807, 2.05) is 13.0 Å². The molecule has 3 rings (SSSR count). The highest BCUT2D eigenvalue weighted by atomic mass is 16.7. The van der Waals surface area contributed by atoms with Crippen LogP contribution in [-0.4, -0.2) is 17.5 Å². The van der Waals surface area contributed by atoms with Crippen LogP contribution in [0.15, 0.2) is 18.2 Å². The summed E-state index contributed by atoms with van der Waals surface area (Å²) in [5.41, 5.74) is 1.16. The maximum atomic E-state index is 9.44. The van der Waals surface area contributed by atoms with Gasteiger partial charge in [-0.2, -0.15) is 0 Å². The lowest BCUT2D eigenvalue weighted by Crippen LogP contribution is -2.43. The molecule has 2 heterocycles. The quantitative estimate of drug-likeness (QED) is 0.729. The lowest BCUT2D eigenvalue weighted by atomic mass is 9.82. The topological polar surface area (TPSA) is 38.7 Å². The minimum Gasteiger partial charge on any atom is -0.508 e. The van der Waals surface area contributed by atoms with E-state index in [0.29, 0.717) is 11.8 Å². The maximum Gasteiger partial charge on any atom is 0.211 e. The Hall–Kier alpha value is -1.22. The smallest absolute Gasteiger partial charge is 0.211 e. The largest absolute Gasteiger partial charge is 0.508 e. The molecule has 1 saturated heterocycles. The van der Waals surface area contributed by atoms with Gasteiger partial charge in [0, 0.05) is 18.9 Å². The van der Waals surface area contributed by atoms with Crippen LogP contribution in [0.5, 0.6) is 11.5 Å². The van der Waals surface area contributed by atoms with Crippen LogP contribution < -0.4 is 4.74 Å². The number of benzene rings is 1. The van der Waals surface area contributed by atoms with E-state index in [-0.39, 0.29) is 5.75 Å². The van der Waals surface area contributed by atoms with Crippen LogP contribution >= 0.6 is 0 Å². The van der Waals surface area contributed by atoms with E-state index in [1.165, 1.54) is 0 Å². The number of hydrogen-bond acceptors (Lipinski definition) is 3. The zero-order valence-corrected chi connectivity index (χ0v) is 9.56. The summed E-state index contributed by atoms with van der Waals surface area (Å²) >= 11 is 0. The lowest BCUT2D eigenvalue weighted by Gasteiger charge is -2.37. The molecular formula is C13H16O3. The molecular weight excluding hydrogens is 204 g/mol. The summed E-state index contributed by atoms with van der Waals surface area (Å²) in [5, 5.41) is 9.44. The second kappa shape index (κ2) is 3.14. The van der Waals surface area contributed by atoms with Crippen molar-refractivity contribution in [3.63, 3.8) is 0 Å². The van der Waals surface area contributed by atoms with E-state index in [2.05, 4.69) is 6.92 Å². The Morgan fingerprint density at radius 3 is 3.06 bits per heavy atom. The van der Waals surface area contributed by atoms with Gasteiger partial charge in [0.05, 0.1) is 6.61 Å². The minimum absolute atomic E-state index is 0.242. The van der Waals surface area contributed by atoms with Gasteiger partial charge in [0.2, 0.25) is 5.79 Å². The second-order valence-corrected chi connectivity index (χ2v) is 5.01. The van der Waals surface area contributed by atoms with Crippen molar-refractivity contribution in [3.8, 4) is 11.5 Å². The van der Waals surface area contributed by atoms with Gasteiger partial charge in [-0.1, -0.05) is 13.0 Å². The van der Waals surface area contributed by atoms with Gasteiger partial charge < -0.3 is 14.6 Å². The van der Waals surface area contributed by atoms with Crippen LogP contribution in [0.4, 0.5) is 0 Å². The molecule has 1 aromatic carbocycles. The number of rotatable bonds is 0. The molecule has 1 aromatic rings. The summed E-state index contributed by atoms with van der Waals surface area (Å²) in [4.78, 5) is 0. The van der Waals surface area contributed by atoms with Crippen molar-refractivity contribution in [2.24, 2.45) is 11.8 Å². The Labute approximate surface area is 95.0 Å². The third-order valence-electron chi connectivity index (χ3n) is 3.80. The van der Waals surface area contributed by atoms with Crippen molar-refractivity contribution < 1.29 is 14.6 Å². The molecule has 0 bridgehead atoms. The maximum absolute atomic E-state index is 9.44. The van der Waals surface area contributed by atoms with E-state index in [0.717, 1.165) is 24.3 Å². The molecule has 3 heteroatoms. The Morgan fingerprint density at radius 1 is 1.44 bits per heavy atom. The molecule has 1 fully saturated rings. The van der Waals surface area contributed by atoms with Crippen molar-refractivity contribution in [1.82, 2.24) is 0 Å².